The molecule has 0 bridgehead atoms. The van der Waals surface area contributed by atoms with E-state index in [1.54, 1.807) is 25.3 Å². The minimum Gasteiger partial charge on any atom is -0.496 e. The van der Waals surface area contributed by atoms with Gasteiger partial charge < -0.3 is 10.1 Å². The summed E-state index contributed by atoms with van der Waals surface area (Å²) < 4.78 is 5.43. The number of hydrogen-bond acceptors (Lipinski definition) is 3. The molecular formula is C17H17ClN2O. The van der Waals surface area contributed by atoms with Crippen LogP contribution < -0.4 is 10.1 Å². The van der Waals surface area contributed by atoms with Crippen LogP contribution in [0.3, 0.4) is 0 Å². The van der Waals surface area contributed by atoms with Gasteiger partial charge in [-0.05, 0) is 43.7 Å². The van der Waals surface area contributed by atoms with Crippen molar-refractivity contribution in [2.45, 2.75) is 19.9 Å². The highest BCUT2D eigenvalue weighted by molar-refractivity contribution is 6.30. The van der Waals surface area contributed by atoms with E-state index < -0.39 is 0 Å². The monoisotopic (exact) mass is 300 g/mol. The van der Waals surface area contributed by atoms with E-state index in [-0.39, 0.29) is 6.04 Å². The Balaban J connectivity index is 2.32. The van der Waals surface area contributed by atoms with Gasteiger partial charge in [-0.3, -0.25) is 0 Å². The average molecular weight is 301 g/mol. The number of hydrogen-bond donors (Lipinski definition) is 1. The van der Waals surface area contributed by atoms with Gasteiger partial charge >= 0.3 is 0 Å². The first-order valence-electron chi connectivity index (χ1n) is 6.66. The third kappa shape index (κ3) is 3.48. The molecule has 4 heteroatoms. The van der Waals surface area contributed by atoms with Crippen molar-refractivity contribution in [1.29, 1.82) is 5.26 Å². The molecule has 2 aromatic rings. The SMILES string of the molecule is COc1cc(C)ccc1C(C)Nc1cc(Cl)ccc1C#N. The molecule has 0 fully saturated rings. The lowest BCUT2D eigenvalue weighted by Crippen LogP contribution is -2.09. The van der Waals surface area contributed by atoms with Crippen molar-refractivity contribution in [2.24, 2.45) is 0 Å². The summed E-state index contributed by atoms with van der Waals surface area (Å²) in [6, 6.07) is 13.4. The molecule has 0 amide bonds. The summed E-state index contributed by atoms with van der Waals surface area (Å²) in [7, 11) is 1.66. The molecule has 0 aliphatic carbocycles. The van der Waals surface area contributed by atoms with Crippen LogP contribution in [0.25, 0.3) is 0 Å². The van der Waals surface area contributed by atoms with Gasteiger partial charge in [0.05, 0.1) is 24.4 Å². The van der Waals surface area contributed by atoms with Crippen LogP contribution in [-0.2, 0) is 0 Å². The number of nitrogens with one attached hydrogen (secondary N) is 1. The van der Waals surface area contributed by atoms with Crippen LogP contribution in [0, 0.1) is 18.3 Å². The van der Waals surface area contributed by atoms with Crippen LogP contribution in [0.1, 0.15) is 29.7 Å². The molecule has 0 aliphatic heterocycles. The minimum atomic E-state index is -0.00823. The maximum absolute atomic E-state index is 9.17. The summed E-state index contributed by atoms with van der Waals surface area (Å²) in [5.74, 6) is 0.829. The van der Waals surface area contributed by atoms with Crippen LogP contribution >= 0.6 is 11.6 Å². The van der Waals surface area contributed by atoms with Crippen molar-refractivity contribution in [3.05, 3.63) is 58.1 Å². The minimum absolute atomic E-state index is 0.00823. The van der Waals surface area contributed by atoms with Gasteiger partial charge in [0, 0.05) is 10.6 Å². The molecule has 2 aromatic carbocycles. The van der Waals surface area contributed by atoms with Crippen LogP contribution in [0.15, 0.2) is 36.4 Å². The van der Waals surface area contributed by atoms with Gasteiger partial charge in [-0.1, -0.05) is 23.7 Å². The molecular weight excluding hydrogens is 284 g/mol. The molecule has 2 rings (SSSR count). The lowest BCUT2D eigenvalue weighted by molar-refractivity contribution is 0.407. The molecule has 0 heterocycles. The molecule has 1 unspecified atom stereocenters. The van der Waals surface area contributed by atoms with Gasteiger partial charge in [0.25, 0.3) is 0 Å². The van der Waals surface area contributed by atoms with Crippen molar-refractivity contribution < 1.29 is 4.74 Å². The number of benzene rings is 2. The number of halogens is 1. The van der Waals surface area contributed by atoms with E-state index in [1.807, 2.05) is 32.0 Å². The van der Waals surface area contributed by atoms with Gasteiger partial charge in [0.1, 0.15) is 11.8 Å². The van der Waals surface area contributed by atoms with Gasteiger partial charge in [0.15, 0.2) is 0 Å². The number of anilines is 1. The summed E-state index contributed by atoms with van der Waals surface area (Å²) in [5, 5.41) is 13.1. The second-order valence-corrected chi connectivity index (χ2v) is 5.35. The Hall–Kier alpha value is -2.18. The van der Waals surface area contributed by atoms with E-state index in [9.17, 15) is 5.26 Å². The molecule has 0 spiro atoms. The highest BCUT2D eigenvalue weighted by Crippen LogP contribution is 2.30. The predicted molar refractivity (Wildman–Crippen MR) is 85.9 cm³/mol. The van der Waals surface area contributed by atoms with Gasteiger partial charge in [-0.15, -0.1) is 0 Å². The first-order valence-corrected chi connectivity index (χ1v) is 7.03. The van der Waals surface area contributed by atoms with Gasteiger partial charge in [0.2, 0.25) is 0 Å². The maximum Gasteiger partial charge on any atom is 0.124 e. The maximum atomic E-state index is 9.17. The molecule has 0 aliphatic rings. The number of nitrogens with zero attached hydrogens (tertiary/aromatic N) is 1. The summed E-state index contributed by atoms with van der Waals surface area (Å²) in [6.07, 6.45) is 0. The van der Waals surface area contributed by atoms with Gasteiger partial charge in [-0.2, -0.15) is 5.26 Å². The number of methoxy groups -OCH3 is 1. The highest BCUT2D eigenvalue weighted by atomic mass is 35.5. The lowest BCUT2D eigenvalue weighted by Gasteiger charge is -2.19. The fourth-order valence-electron chi connectivity index (χ4n) is 2.22. The third-order valence-corrected chi connectivity index (χ3v) is 3.56. The second kappa shape index (κ2) is 6.51. The smallest absolute Gasteiger partial charge is 0.124 e. The Morgan fingerprint density at radius 3 is 2.67 bits per heavy atom. The standard InChI is InChI=1S/C17H17ClN2O/c1-11-4-7-15(17(8-11)21-3)12(2)20-16-9-14(18)6-5-13(16)10-19/h4-9,12,20H,1-3H3. The van der Waals surface area contributed by atoms with E-state index in [2.05, 4.69) is 11.4 Å². The zero-order valence-corrected chi connectivity index (χ0v) is 13.0. The Morgan fingerprint density at radius 2 is 2.00 bits per heavy atom. The van der Waals surface area contributed by atoms with Crippen LogP contribution in [0.5, 0.6) is 5.75 Å². The number of rotatable bonds is 4. The largest absolute Gasteiger partial charge is 0.496 e. The average Bonchev–Trinajstić information content (AvgIpc) is 2.47. The lowest BCUT2D eigenvalue weighted by atomic mass is 10.0. The van der Waals surface area contributed by atoms with Crippen LogP contribution in [-0.4, -0.2) is 7.11 Å². The molecule has 0 saturated carbocycles. The Bertz CT molecular complexity index is 692. The molecule has 21 heavy (non-hydrogen) atoms. The number of ether oxygens (including phenoxy) is 1. The fraction of sp³-hybridized carbons (Fsp3) is 0.235. The van der Waals surface area contributed by atoms with Crippen molar-refractivity contribution in [3.8, 4) is 11.8 Å². The summed E-state index contributed by atoms with van der Waals surface area (Å²) in [5.41, 5.74) is 3.47. The first kappa shape index (κ1) is 15.2. The molecule has 0 aromatic heterocycles. The third-order valence-electron chi connectivity index (χ3n) is 3.33. The Labute approximate surface area is 130 Å². The number of aryl methyl sites for hydroxylation is 1. The zero-order chi connectivity index (χ0) is 15.4. The quantitative estimate of drug-likeness (QED) is 0.890. The predicted octanol–water partition coefficient (Wildman–Crippen LogP) is 4.70. The van der Waals surface area contributed by atoms with Crippen molar-refractivity contribution in [3.63, 3.8) is 0 Å². The highest BCUT2D eigenvalue weighted by Gasteiger charge is 2.13. The fourth-order valence-corrected chi connectivity index (χ4v) is 2.39. The Morgan fingerprint density at radius 1 is 1.24 bits per heavy atom. The molecule has 108 valence electrons. The summed E-state index contributed by atoms with van der Waals surface area (Å²) in [4.78, 5) is 0. The second-order valence-electron chi connectivity index (χ2n) is 4.91. The topological polar surface area (TPSA) is 45.0 Å². The van der Waals surface area contributed by atoms with Gasteiger partial charge in [-0.25, -0.2) is 0 Å². The van der Waals surface area contributed by atoms with E-state index in [0.29, 0.717) is 10.6 Å². The zero-order valence-electron chi connectivity index (χ0n) is 12.3. The number of nitriles is 1. The van der Waals surface area contributed by atoms with E-state index in [0.717, 1.165) is 22.6 Å². The normalized spacial score (nSPS) is 11.6. The van der Waals surface area contributed by atoms with Crippen molar-refractivity contribution >= 4 is 17.3 Å². The van der Waals surface area contributed by atoms with E-state index >= 15 is 0 Å². The van der Waals surface area contributed by atoms with E-state index in [1.165, 1.54) is 0 Å². The van der Waals surface area contributed by atoms with Crippen molar-refractivity contribution in [2.75, 3.05) is 12.4 Å². The molecule has 1 N–H and O–H groups in total. The molecule has 0 saturated heterocycles. The van der Waals surface area contributed by atoms with Crippen molar-refractivity contribution in [1.82, 2.24) is 0 Å². The van der Waals surface area contributed by atoms with Crippen LogP contribution in [0.4, 0.5) is 5.69 Å². The molecule has 0 radical (unpaired) electrons. The van der Waals surface area contributed by atoms with E-state index in [4.69, 9.17) is 16.3 Å². The Kier molecular flexibility index (Phi) is 4.72. The molecule has 1 atom stereocenters. The first-order chi connectivity index (χ1) is 10.0. The summed E-state index contributed by atoms with van der Waals surface area (Å²) in [6.45, 7) is 4.05. The van der Waals surface area contributed by atoms with Crippen LogP contribution in [0.2, 0.25) is 5.02 Å². The molecule has 3 nitrogen and oxygen atoms in total. The summed E-state index contributed by atoms with van der Waals surface area (Å²) >= 11 is 6.01.